The van der Waals surface area contributed by atoms with Crippen molar-refractivity contribution in [2.75, 3.05) is 6.54 Å². The number of nitrogens with zero attached hydrogens (tertiary/aromatic N) is 1. The Morgan fingerprint density at radius 1 is 1.04 bits per heavy atom. The molecular formula is C20H18F3NO. The highest BCUT2D eigenvalue weighted by Gasteiger charge is 2.49. The molecule has 2 aliphatic rings. The van der Waals surface area contributed by atoms with E-state index in [1.807, 2.05) is 42.5 Å². The van der Waals surface area contributed by atoms with E-state index in [1.54, 1.807) is 0 Å². The summed E-state index contributed by atoms with van der Waals surface area (Å²) in [7, 11) is 0. The molecule has 25 heavy (non-hydrogen) atoms. The van der Waals surface area contributed by atoms with Crippen LogP contribution in [-0.4, -0.2) is 29.6 Å². The predicted octanol–water partition coefficient (Wildman–Crippen LogP) is 4.55. The average molecular weight is 345 g/mol. The van der Waals surface area contributed by atoms with Crippen LogP contribution in [0.1, 0.15) is 29.9 Å². The lowest BCUT2D eigenvalue weighted by atomic mass is 9.87. The second-order valence-electron chi connectivity index (χ2n) is 6.80. The normalized spacial score (nSPS) is 22.4. The van der Waals surface area contributed by atoms with Crippen LogP contribution in [-0.2, 0) is 11.2 Å². The number of hydrogen-bond acceptors (Lipinski definition) is 1. The Morgan fingerprint density at radius 3 is 2.52 bits per heavy atom. The van der Waals surface area contributed by atoms with Gasteiger partial charge in [-0.3, -0.25) is 4.79 Å². The van der Waals surface area contributed by atoms with Crippen LogP contribution in [0.3, 0.4) is 0 Å². The first-order chi connectivity index (χ1) is 11.9. The zero-order valence-electron chi connectivity index (χ0n) is 13.6. The molecular weight excluding hydrogens is 327 g/mol. The molecule has 1 aliphatic carbocycles. The molecule has 5 heteroatoms. The summed E-state index contributed by atoms with van der Waals surface area (Å²) < 4.78 is 38.7. The molecule has 0 radical (unpaired) electrons. The third-order valence-electron chi connectivity index (χ3n) is 5.36. The summed E-state index contributed by atoms with van der Waals surface area (Å²) in [6.45, 7) is 0.193. The zero-order chi connectivity index (χ0) is 17.6. The van der Waals surface area contributed by atoms with Gasteiger partial charge in [0.25, 0.3) is 0 Å². The molecule has 0 saturated carbocycles. The molecule has 2 unspecified atom stereocenters. The van der Waals surface area contributed by atoms with Crippen LogP contribution in [0.2, 0.25) is 0 Å². The molecule has 2 aromatic carbocycles. The van der Waals surface area contributed by atoms with Gasteiger partial charge in [-0.25, -0.2) is 0 Å². The second-order valence-corrected chi connectivity index (χ2v) is 6.80. The van der Waals surface area contributed by atoms with Gasteiger partial charge >= 0.3 is 12.1 Å². The lowest BCUT2D eigenvalue weighted by molar-refractivity contribution is -0.189. The molecule has 0 N–H and O–H groups in total. The number of piperidine rings is 1. The van der Waals surface area contributed by atoms with E-state index in [0.717, 1.165) is 33.6 Å². The Labute approximate surface area is 144 Å². The predicted molar refractivity (Wildman–Crippen MR) is 89.1 cm³/mol. The van der Waals surface area contributed by atoms with Gasteiger partial charge < -0.3 is 4.90 Å². The molecule has 4 rings (SSSR count). The fraction of sp³-hybridized carbons (Fsp3) is 0.350. The van der Waals surface area contributed by atoms with Crippen LogP contribution < -0.4 is 0 Å². The molecule has 1 heterocycles. The van der Waals surface area contributed by atoms with Crippen LogP contribution >= 0.6 is 0 Å². The summed E-state index contributed by atoms with van der Waals surface area (Å²) in [5.41, 5.74) is 4.33. The van der Waals surface area contributed by atoms with Gasteiger partial charge in [-0.05, 0) is 41.5 Å². The summed E-state index contributed by atoms with van der Waals surface area (Å²) in [5, 5.41) is 0. The van der Waals surface area contributed by atoms with Crippen molar-refractivity contribution in [3.8, 4) is 11.1 Å². The van der Waals surface area contributed by atoms with Crippen molar-refractivity contribution in [1.82, 2.24) is 4.90 Å². The number of benzene rings is 2. The second kappa shape index (κ2) is 5.90. The average Bonchev–Trinajstić information content (AvgIpc) is 2.99. The first-order valence-electron chi connectivity index (χ1n) is 8.51. The van der Waals surface area contributed by atoms with E-state index in [4.69, 9.17) is 0 Å². The molecule has 1 fully saturated rings. The number of carbonyl (C=O) groups excluding carboxylic acids is 1. The number of alkyl halides is 3. The van der Waals surface area contributed by atoms with E-state index >= 15 is 0 Å². The van der Waals surface area contributed by atoms with Crippen molar-refractivity contribution in [2.24, 2.45) is 0 Å². The monoisotopic (exact) mass is 345 g/mol. The van der Waals surface area contributed by atoms with Gasteiger partial charge in [-0.15, -0.1) is 0 Å². The summed E-state index contributed by atoms with van der Waals surface area (Å²) in [6.07, 6.45) is -2.85. The van der Waals surface area contributed by atoms with E-state index in [0.29, 0.717) is 12.8 Å². The van der Waals surface area contributed by atoms with Gasteiger partial charge in [0, 0.05) is 18.5 Å². The summed E-state index contributed by atoms with van der Waals surface area (Å²) >= 11 is 0. The number of fused-ring (bicyclic) bond motifs is 3. The fourth-order valence-corrected chi connectivity index (χ4v) is 4.25. The maximum atomic E-state index is 12.9. The quantitative estimate of drug-likeness (QED) is 0.743. The summed E-state index contributed by atoms with van der Waals surface area (Å²) in [6, 6.07) is 15.7. The van der Waals surface area contributed by atoms with Crippen molar-refractivity contribution in [2.45, 2.75) is 37.4 Å². The zero-order valence-corrected chi connectivity index (χ0v) is 13.6. The minimum atomic E-state index is -4.80. The van der Waals surface area contributed by atoms with E-state index in [2.05, 4.69) is 6.07 Å². The molecule has 2 atom stereocenters. The van der Waals surface area contributed by atoms with Crippen LogP contribution in [0, 0.1) is 0 Å². The minimum absolute atomic E-state index is 0.00119. The topological polar surface area (TPSA) is 20.3 Å². The number of carbonyl (C=O) groups is 1. The highest BCUT2D eigenvalue weighted by molar-refractivity contribution is 5.82. The molecule has 2 aromatic rings. The number of halogens is 3. The molecule has 1 aliphatic heterocycles. The molecule has 0 bridgehead atoms. The van der Waals surface area contributed by atoms with E-state index in [1.165, 1.54) is 0 Å². The Bertz CT molecular complexity index is 800. The summed E-state index contributed by atoms with van der Waals surface area (Å²) in [4.78, 5) is 12.9. The number of hydrogen-bond donors (Lipinski definition) is 0. The van der Waals surface area contributed by atoms with Crippen molar-refractivity contribution in [1.29, 1.82) is 0 Å². The molecule has 130 valence electrons. The SMILES string of the molecule is O=C(N1CCCC2c3cc(-c4ccccc4)ccc3CC21)C(F)(F)F. The lowest BCUT2D eigenvalue weighted by Crippen LogP contribution is -2.51. The first kappa shape index (κ1) is 16.2. The highest BCUT2D eigenvalue weighted by Crippen LogP contribution is 2.44. The largest absolute Gasteiger partial charge is 0.471 e. The van der Waals surface area contributed by atoms with Crippen LogP contribution in [0.4, 0.5) is 13.2 Å². The molecule has 0 aromatic heterocycles. The highest BCUT2D eigenvalue weighted by atomic mass is 19.4. The third-order valence-corrected chi connectivity index (χ3v) is 5.36. The minimum Gasteiger partial charge on any atom is -0.331 e. The lowest BCUT2D eigenvalue weighted by Gasteiger charge is -2.38. The van der Waals surface area contributed by atoms with Crippen molar-refractivity contribution in [3.05, 3.63) is 59.7 Å². The maximum Gasteiger partial charge on any atom is 0.471 e. The van der Waals surface area contributed by atoms with E-state index in [-0.39, 0.29) is 18.5 Å². The summed E-state index contributed by atoms with van der Waals surface area (Å²) in [5.74, 6) is -1.70. The van der Waals surface area contributed by atoms with Crippen molar-refractivity contribution >= 4 is 5.91 Å². The molecule has 1 saturated heterocycles. The van der Waals surface area contributed by atoms with Gasteiger partial charge in [-0.2, -0.15) is 13.2 Å². The van der Waals surface area contributed by atoms with E-state index in [9.17, 15) is 18.0 Å². The Kier molecular flexibility index (Phi) is 3.82. The Morgan fingerprint density at radius 2 is 1.80 bits per heavy atom. The van der Waals surface area contributed by atoms with Gasteiger partial charge in [0.1, 0.15) is 0 Å². The fourth-order valence-electron chi connectivity index (χ4n) is 4.25. The molecule has 2 nitrogen and oxygen atoms in total. The van der Waals surface area contributed by atoms with Gasteiger partial charge in [-0.1, -0.05) is 48.5 Å². The third kappa shape index (κ3) is 2.81. The van der Waals surface area contributed by atoms with E-state index < -0.39 is 12.1 Å². The van der Waals surface area contributed by atoms with Gasteiger partial charge in [0.2, 0.25) is 0 Å². The van der Waals surface area contributed by atoms with Crippen LogP contribution in [0.5, 0.6) is 0 Å². The Hall–Kier alpha value is -2.30. The van der Waals surface area contributed by atoms with Crippen LogP contribution in [0.15, 0.2) is 48.5 Å². The standard InChI is InChI=1S/C20H18F3NO/c21-20(22,23)19(25)24-10-4-7-16-17-11-14(13-5-2-1-3-6-13)8-9-15(17)12-18(16)24/h1-3,5-6,8-9,11,16,18H,4,7,10,12H2. The van der Waals surface area contributed by atoms with Crippen LogP contribution in [0.25, 0.3) is 11.1 Å². The first-order valence-corrected chi connectivity index (χ1v) is 8.51. The number of amides is 1. The Balaban J connectivity index is 1.67. The molecule has 1 amide bonds. The van der Waals surface area contributed by atoms with Crippen molar-refractivity contribution in [3.63, 3.8) is 0 Å². The van der Waals surface area contributed by atoms with Crippen molar-refractivity contribution < 1.29 is 18.0 Å². The maximum absolute atomic E-state index is 12.9. The molecule has 0 spiro atoms. The van der Waals surface area contributed by atoms with Gasteiger partial charge in [0.15, 0.2) is 0 Å². The smallest absolute Gasteiger partial charge is 0.331 e. The number of rotatable bonds is 1. The van der Waals surface area contributed by atoms with Gasteiger partial charge in [0.05, 0.1) is 0 Å². The number of likely N-dealkylation sites (tertiary alicyclic amines) is 1.